The average molecular weight is 333 g/mol. The Bertz CT molecular complexity index is 643. The topological polar surface area (TPSA) is 54.3 Å². The normalized spacial score (nSPS) is 9.70. The largest absolute Gasteiger partial charge is 0.497 e. The summed E-state index contributed by atoms with van der Waals surface area (Å²) < 4.78 is 11.3. The van der Waals surface area contributed by atoms with Crippen molar-refractivity contribution in [3.8, 4) is 17.6 Å². The van der Waals surface area contributed by atoms with Gasteiger partial charge in [0.1, 0.15) is 17.6 Å². The first-order chi connectivity index (χ1) is 9.66. The molecular weight excluding hydrogens is 320 g/mol. The Hall–Kier alpha value is -2.19. The summed E-state index contributed by atoms with van der Waals surface area (Å²) in [5, 5.41) is 12.4. The number of halogens is 1. The summed E-state index contributed by atoms with van der Waals surface area (Å²) in [7, 11) is 3.19. The van der Waals surface area contributed by atoms with E-state index in [-0.39, 0.29) is 0 Å². The van der Waals surface area contributed by atoms with Gasteiger partial charge in [-0.1, -0.05) is 15.9 Å². The number of hydrogen-bond donors (Lipinski definition) is 1. The first-order valence-corrected chi connectivity index (χ1v) is 6.65. The monoisotopic (exact) mass is 332 g/mol. The number of methoxy groups -OCH3 is 2. The maximum atomic E-state index is 9.16. The predicted octanol–water partition coefficient (Wildman–Crippen LogP) is 4.08. The van der Waals surface area contributed by atoms with Crippen LogP contribution in [0.3, 0.4) is 0 Å². The van der Waals surface area contributed by atoms with E-state index >= 15 is 0 Å². The van der Waals surface area contributed by atoms with E-state index in [1.165, 1.54) is 0 Å². The Kier molecular flexibility index (Phi) is 4.49. The standard InChI is InChI=1S/C15H13BrN2O2/c1-19-13-6-12(7-14(8-13)20-2)18-15-4-3-11(16)5-10(15)9-17/h3-8,18H,1-2H3. The molecule has 4 nitrogen and oxygen atoms in total. The molecule has 2 aromatic carbocycles. The predicted molar refractivity (Wildman–Crippen MR) is 81.7 cm³/mol. The van der Waals surface area contributed by atoms with Crippen molar-refractivity contribution in [3.63, 3.8) is 0 Å². The van der Waals surface area contributed by atoms with E-state index in [4.69, 9.17) is 14.7 Å². The zero-order valence-electron chi connectivity index (χ0n) is 11.1. The molecule has 0 fully saturated rings. The van der Waals surface area contributed by atoms with Crippen LogP contribution in [-0.4, -0.2) is 14.2 Å². The summed E-state index contributed by atoms with van der Waals surface area (Å²) in [4.78, 5) is 0. The molecule has 0 radical (unpaired) electrons. The number of benzene rings is 2. The highest BCUT2D eigenvalue weighted by Crippen LogP contribution is 2.30. The maximum Gasteiger partial charge on any atom is 0.124 e. The lowest BCUT2D eigenvalue weighted by Crippen LogP contribution is -1.95. The van der Waals surface area contributed by atoms with Crippen molar-refractivity contribution in [2.24, 2.45) is 0 Å². The van der Waals surface area contributed by atoms with Gasteiger partial charge in [-0.25, -0.2) is 0 Å². The summed E-state index contributed by atoms with van der Waals surface area (Å²) in [5.74, 6) is 1.37. The second-order valence-electron chi connectivity index (χ2n) is 4.03. The van der Waals surface area contributed by atoms with Crippen molar-refractivity contribution in [2.45, 2.75) is 0 Å². The molecule has 0 heterocycles. The van der Waals surface area contributed by atoms with Gasteiger partial charge in [0, 0.05) is 28.4 Å². The van der Waals surface area contributed by atoms with Gasteiger partial charge in [0.2, 0.25) is 0 Å². The number of anilines is 2. The van der Waals surface area contributed by atoms with Crippen LogP contribution >= 0.6 is 15.9 Å². The summed E-state index contributed by atoms with van der Waals surface area (Å²) in [6.45, 7) is 0. The van der Waals surface area contributed by atoms with Gasteiger partial charge in [-0.05, 0) is 18.2 Å². The number of hydrogen-bond acceptors (Lipinski definition) is 4. The van der Waals surface area contributed by atoms with Crippen molar-refractivity contribution in [1.82, 2.24) is 0 Å². The third-order valence-corrected chi connectivity index (χ3v) is 3.23. The molecule has 102 valence electrons. The Labute approximate surface area is 126 Å². The van der Waals surface area contributed by atoms with Crippen molar-refractivity contribution < 1.29 is 9.47 Å². The lowest BCUT2D eigenvalue weighted by atomic mass is 10.2. The minimum Gasteiger partial charge on any atom is -0.497 e. The zero-order valence-corrected chi connectivity index (χ0v) is 12.7. The fourth-order valence-corrected chi connectivity index (χ4v) is 2.11. The SMILES string of the molecule is COc1cc(Nc2ccc(Br)cc2C#N)cc(OC)c1. The minimum absolute atomic E-state index is 0.557. The highest BCUT2D eigenvalue weighted by molar-refractivity contribution is 9.10. The molecule has 0 bridgehead atoms. The van der Waals surface area contributed by atoms with Crippen molar-refractivity contribution >= 4 is 27.3 Å². The number of ether oxygens (including phenoxy) is 2. The molecule has 1 N–H and O–H groups in total. The molecule has 0 atom stereocenters. The fourth-order valence-electron chi connectivity index (χ4n) is 1.75. The van der Waals surface area contributed by atoms with Gasteiger partial charge in [0.25, 0.3) is 0 Å². The van der Waals surface area contributed by atoms with Gasteiger partial charge in [-0.15, -0.1) is 0 Å². The van der Waals surface area contributed by atoms with Crippen LogP contribution in [-0.2, 0) is 0 Å². The molecule has 0 saturated heterocycles. The summed E-state index contributed by atoms with van der Waals surface area (Å²) in [5.41, 5.74) is 2.08. The molecule has 2 rings (SSSR count). The van der Waals surface area contributed by atoms with Crippen molar-refractivity contribution in [2.75, 3.05) is 19.5 Å². The number of nitrogens with zero attached hydrogens (tertiary/aromatic N) is 1. The van der Waals surface area contributed by atoms with E-state index in [9.17, 15) is 0 Å². The quantitative estimate of drug-likeness (QED) is 0.916. The Balaban J connectivity index is 2.37. The van der Waals surface area contributed by atoms with Gasteiger partial charge in [-0.2, -0.15) is 5.26 Å². The molecule has 0 aromatic heterocycles. The Morgan fingerprint density at radius 1 is 1.05 bits per heavy atom. The van der Waals surface area contributed by atoms with Gasteiger partial charge in [0.05, 0.1) is 25.5 Å². The second kappa shape index (κ2) is 6.31. The molecule has 20 heavy (non-hydrogen) atoms. The summed E-state index contributed by atoms with van der Waals surface area (Å²) in [6, 6.07) is 13.1. The van der Waals surface area contributed by atoms with Gasteiger partial charge >= 0.3 is 0 Å². The van der Waals surface area contributed by atoms with Crippen LogP contribution in [0.1, 0.15) is 5.56 Å². The molecular formula is C15H13BrN2O2. The molecule has 0 unspecified atom stereocenters. The molecule has 0 aliphatic heterocycles. The molecule has 0 amide bonds. The number of nitriles is 1. The summed E-state index contributed by atoms with van der Waals surface area (Å²) >= 11 is 3.35. The number of rotatable bonds is 4. The van der Waals surface area contributed by atoms with E-state index in [1.807, 2.05) is 24.3 Å². The van der Waals surface area contributed by atoms with Gasteiger partial charge < -0.3 is 14.8 Å². The van der Waals surface area contributed by atoms with Crippen molar-refractivity contribution in [3.05, 3.63) is 46.4 Å². The lowest BCUT2D eigenvalue weighted by Gasteiger charge is -2.12. The first kappa shape index (κ1) is 14.2. The second-order valence-corrected chi connectivity index (χ2v) is 4.94. The summed E-state index contributed by atoms with van der Waals surface area (Å²) in [6.07, 6.45) is 0. The average Bonchev–Trinajstić information content (AvgIpc) is 2.48. The fraction of sp³-hybridized carbons (Fsp3) is 0.133. The molecule has 0 spiro atoms. The van der Waals surface area contributed by atoms with Crippen LogP contribution in [0.5, 0.6) is 11.5 Å². The van der Waals surface area contributed by atoms with E-state index < -0.39 is 0 Å². The minimum atomic E-state index is 0.557. The van der Waals surface area contributed by atoms with Crippen LogP contribution in [0.25, 0.3) is 0 Å². The van der Waals surface area contributed by atoms with E-state index in [2.05, 4.69) is 27.3 Å². The van der Waals surface area contributed by atoms with Crippen LogP contribution in [0.15, 0.2) is 40.9 Å². The van der Waals surface area contributed by atoms with Gasteiger partial charge in [0.15, 0.2) is 0 Å². The van der Waals surface area contributed by atoms with Gasteiger partial charge in [-0.3, -0.25) is 0 Å². The molecule has 5 heteroatoms. The lowest BCUT2D eigenvalue weighted by molar-refractivity contribution is 0.395. The third kappa shape index (κ3) is 3.22. The van der Waals surface area contributed by atoms with Crippen LogP contribution in [0.2, 0.25) is 0 Å². The maximum absolute atomic E-state index is 9.16. The molecule has 0 saturated carbocycles. The van der Waals surface area contributed by atoms with E-state index in [1.54, 1.807) is 26.4 Å². The Morgan fingerprint density at radius 2 is 1.70 bits per heavy atom. The van der Waals surface area contributed by atoms with E-state index in [0.29, 0.717) is 17.1 Å². The molecule has 0 aliphatic rings. The van der Waals surface area contributed by atoms with Crippen LogP contribution in [0, 0.1) is 11.3 Å². The third-order valence-electron chi connectivity index (χ3n) is 2.73. The highest BCUT2D eigenvalue weighted by Gasteiger charge is 2.06. The van der Waals surface area contributed by atoms with Crippen LogP contribution in [0.4, 0.5) is 11.4 Å². The first-order valence-electron chi connectivity index (χ1n) is 5.86. The number of nitrogens with one attached hydrogen (secondary N) is 1. The zero-order chi connectivity index (χ0) is 14.5. The van der Waals surface area contributed by atoms with E-state index in [0.717, 1.165) is 15.8 Å². The van der Waals surface area contributed by atoms with Crippen molar-refractivity contribution in [1.29, 1.82) is 5.26 Å². The molecule has 2 aromatic rings. The van der Waals surface area contributed by atoms with Crippen LogP contribution < -0.4 is 14.8 Å². The highest BCUT2D eigenvalue weighted by atomic mass is 79.9. The molecule has 0 aliphatic carbocycles. The Morgan fingerprint density at radius 3 is 2.25 bits per heavy atom. The smallest absolute Gasteiger partial charge is 0.124 e.